The minimum absolute atomic E-state index is 0.00849. The SMILES string of the molecule is Cc1ccc(CCC(=O)N(Cc2ccccc2)C(C)C(=O)NC(C)C)cc1. The summed E-state index contributed by atoms with van der Waals surface area (Å²) in [6, 6.07) is 17.5. The van der Waals surface area contributed by atoms with E-state index in [1.807, 2.05) is 51.1 Å². The topological polar surface area (TPSA) is 49.4 Å². The van der Waals surface area contributed by atoms with Crippen molar-refractivity contribution in [3.05, 3.63) is 71.3 Å². The molecule has 0 spiro atoms. The molecular formula is C23H30N2O2. The molecule has 0 aromatic heterocycles. The van der Waals surface area contributed by atoms with Crippen LogP contribution in [0, 0.1) is 6.92 Å². The number of benzene rings is 2. The summed E-state index contributed by atoms with van der Waals surface area (Å²) >= 11 is 0. The van der Waals surface area contributed by atoms with E-state index in [4.69, 9.17) is 0 Å². The molecule has 0 aliphatic heterocycles. The van der Waals surface area contributed by atoms with Crippen molar-refractivity contribution in [1.29, 1.82) is 0 Å². The molecule has 2 amide bonds. The molecule has 144 valence electrons. The number of carbonyl (C=O) groups is 2. The lowest BCUT2D eigenvalue weighted by atomic mass is 10.1. The third kappa shape index (κ3) is 6.55. The fourth-order valence-electron chi connectivity index (χ4n) is 2.92. The molecule has 1 atom stereocenters. The van der Waals surface area contributed by atoms with Crippen molar-refractivity contribution in [3.63, 3.8) is 0 Å². The number of aryl methyl sites for hydroxylation is 2. The first-order valence-electron chi connectivity index (χ1n) is 9.56. The molecule has 0 fully saturated rings. The van der Waals surface area contributed by atoms with Crippen molar-refractivity contribution in [2.24, 2.45) is 0 Å². The van der Waals surface area contributed by atoms with E-state index < -0.39 is 6.04 Å². The molecule has 2 rings (SSSR count). The van der Waals surface area contributed by atoms with Gasteiger partial charge in [0.15, 0.2) is 0 Å². The molecule has 4 heteroatoms. The Morgan fingerprint density at radius 2 is 1.56 bits per heavy atom. The average Bonchev–Trinajstić information content (AvgIpc) is 2.65. The molecule has 2 aromatic rings. The normalized spacial score (nSPS) is 11.9. The van der Waals surface area contributed by atoms with E-state index in [2.05, 4.69) is 29.6 Å². The first-order valence-corrected chi connectivity index (χ1v) is 9.56. The molecular weight excluding hydrogens is 336 g/mol. The van der Waals surface area contributed by atoms with Gasteiger partial charge in [0.1, 0.15) is 6.04 Å². The largest absolute Gasteiger partial charge is 0.352 e. The summed E-state index contributed by atoms with van der Waals surface area (Å²) in [4.78, 5) is 27.1. The van der Waals surface area contributed by atoms with Crippen LogP contribution in [-0.4, -0.2) is 28.8 Å². The molecule has 0 radical (unpaired) electrons. The van der Waals surface area contributed by atoms with Gasteiger partial charge in [0.05, 0.1) is 0 Å². The second-order valence-corrected chi connectivity index (χ2v) is 7.33. The lowest BCUT2D eigenvalue weighted by Gasteiger charge is -2.29. The maximum Gasteiger partial charge on any atom is 0.242 e. The molecule has 1 N–H and O–H groups in total. The second-order valence-electron chi connectivity index (χ2n) is 7.33. The van der Waals surface area contributed by atoms with E-state index in [9.17, 15) is 9.59 Å². The summed E-state index contributed by atoms with van der Waals surface area (Å²) in [6.07, 6.45) is 1.05. The number of hydrogen-bond acceptors (Lipinski definition) is 2. The highest BCUT2D eigenvalue weighted by atomic mass is 16.2. The Bertz CT molecular complexity index is 739. The zero-order valence-electron chi connectivity index (χ0n) is 16.7. The van der Waals surface area contributed by atoms with Crippen molar-refractivity contribution in [3.8, 4) is 0 Å². The van der Waals surface area contributed by atoms with Crippen molar-refractivity contribution < 1.29 is 9.59 Å². The van der Waals surface area contributed by atoms with Crippen LogP contribution in [0.25, 0.3) is 0 Å². The summed E-state index contributed by atoms with van der Waals surface area (Å²) in [5.74, 6) is -0.129. The minimum Gasteiger partial charge on any atom is -0.352 e. The van der Waals surface area contributed by atoms with Crippen molar-refractivity contribution >= 4 is 11.8 Å². The highest BCUT2D eigenvalue weighted by Gasteiger charge is 2.26. The summed E-state index contributed by atoms with van der Waals surface area (Å²) in [7, 11) is 0. The third-order valence-corrected chi connectivity index (χ3v) is 4.54. The molecule has 1 unspecified atom stereocenters. The van der Waals surface area contributed by atoms with Gasteiger partial charge in [-0.05, 0) is 45.2 Å². The minimum atomic E-state index is -0.516. The highest BCUT2D eigenvalue weighted by molar-refractivity contribution is 5.87. The summed E-state index contributed by atoms with van der Waals surface area (Å²) in [5, 5.41) is 2.91. The van der Waals surface area contributed by atoms with Gasteiger partial charge in [0, 0.05) is 19.0 Å². The van der Waals surface area contributed by atoms with Crippen LogP contribution in [-0.2, 0) is 22.6 Å². The van der Waals surface area contributed by atoms with Gasteiger partial charge in [-0.2, -0.15) is 0 Å². The van der Waals surface area contributed by atoms with Gasteiger partial charge in [-0.25, -0.2) is 0 Å². The van der Waals surface area contributed by atoms with Gasteiger partial charge in [0.25, 0.3) is 0 Å². The molecule has 0 aliphatic carbocycles. The Kier molecular flexibility index (Phi) is 7.59. The van der Waals surface area contributed by atoms with Crippen molar-refractivity contribution in [2.75, 3.05) is 0 Å². The maximum absolute atomic E-state index is 13.0. The predicted octanol–water partition coefficient (Wildman–Crippen LogP) is 3.87. The maximum atomic E-state index is 13.0. The van der Waals surface area contributed by atoms with Gasteiger partial charge >= 0.3 is 0 Å². The molecule has 0 aliphatic rings. The zero-order chi connectivity index (χ0) is 19.8. The van der Waals surface area contributed by atoms with Crippen molar-refractivity contribution in [2.45, 2.75) is 59.2 Å². The van der Waals surface area contributed by atoms with Gasteiger partial charge in [-0.15, -0.1) is 0 Å². The van der Waals surface area contributed by atoms with E-state index in [0.29, 0.717) is 19.4 Å². The number of amides is 2. The smallest absolute Gasteiger partial charge is 0.242 e. The van der Waals surface area contributed by atoms with E-state index in [0.717, 1.165) is 11.1 Å². The molecule has 0 saturated heterocycles. The molecule has 0 bridgehead atoms. The van der Waals surface area contributed by atoms with E-state index in [-0.39, 0.29) is 17.9 Å². The van der Waals surface area contributed by atoms with Gasteiger partial charge in [0.2, 0.25) is 11.8 Å². The summed E-state index contributed by atoms with van der Waals surface area (Å²) < 4.78 is 0. The third-order valence-electron chi connectivity index (χ3n) is 4.54. The second kappa shape index (κ2) is 9.91. The number of nitrogens with one attached hydrogen (secondary N) is 1. The summed E-state index contributed by atoms with van der Waals surface area (Å²) in [5.41, 5.74) is 3.35. The van der Waals surface area contributed by atoms with Crippen LogP contribution in [0.3, 0.4) is 0 Å². The predicted molar refractivity (Wildman–Crippen MR) is 109 cm³/mol. The lowest BCUT2D eigenvalue weighted by molar-refractivity contribution is -0.140. The Labute approximate surface area is 162 Å². The monoisotopic (exact) mass is 366 g/mol. The Balaban J connectivity index is 2.10. The first kappa shape index (κ1) is 20.7. The van der Waals surface area contributed by atoms with Crippen LogP contribution in [0.15, 0.2) is 54.6 Å². The van der Waals surface area contributed by atoms with E-state index in [1.165, 1.54) is 5.56 Å². The first-order chi connectivity index (χ1) is 12.9. The van der Waals surface area contributed by atoms with Gasteiger partial charge in [-0.3, -0.25) is 9.59 Å². The Hall–Kier alpha value is -2.62. The molecule has 2 aromatic carbocycles. The molecule has 0 saturated carbocycles. The molecule has 27 heavy (non-hydrogen) atoms. The van der Waals surface area contributed by atoms with Crippen LogP contribution in [0.5, 0.6) is 0 Å². The van der Waals surface area contributed by atoms with Crippen LogP contribution in [0.2, 0.25) is 0 Å². The molecule has 4 nitrogen and oxygen atoms in total. The number of carbonyl (C=O) groups excluding carboxylic acids is 2. The lowest BCUT2D eigenvalue weighted by Crippen LogP contribution is -2.49. The standard InChI is InChI=1S/C23H30N2O2/c1-17(2)24-23(27)19(4)25(16-21-8-6-5-7-9-21)22(26)15-14-20-12-10-18(3)11-13-20/h5-13,17,19H,14-16H2,1-4H3,(H,24,27). The number of rotatable bonds is 8. The van der Waals surface area contributed by atoms with Crippen LogP contribution in [0.4, 0.5) is 0 Å². The van der Waals surface area contributed by atoms with Gasteiger partial charge < -0.3 is 10.2 Å². The molecule has 0 heterocycles. The van der Waals surface area contributed by atoms with E-state index in [1.54, 1.807) is 11.8 Å². The summed E-state index contributed by atoms with van der Waals surface area (Å²) in [6.45, 7) is 8.12. The Morgan fingerprint density at radius 3 is 2.15 bits per heavy atom. The van der Waals surface area contributed by atoms with E-state index >= 15 is 0 Å². The van der Waals surface area contributed by atoms with Crippen LogP contribution in [0.1, 0.15) is 43.9 Å². The highest BCUT2D eigenvalue weighted by Crippen LogP contribution is 2.13. The van der Waals surface area contributed by atoms with Gasteiger partial charge in [-0.1, -0.05) is 60.2 Å². The fourth-order valence-corrected chi connectivity index (χ4v) is 2.92. The van der Waals surface area contributed by atoms with Crippen molar-refractivity contribution in [1.82, 2.24) is 10.2 Å². The number of nitrogens with zero attached hydrogens (tertiary/aromatic N) is 1. The number of hydrogen-bond donors (Lipinski definition) is 1. The fraction of sp³-hybridized carbons (Fsp3) is 0.391. The van der Waals surface area contributed by atoms with Crippen LogP contribution < -0.4 is 5.32 Å². The zero-order valence-corrected chi connectivity index (χ0v) is 16.7. The average molecular weight is 367 g/mol. The quantitative estimate of drug-likeness (QED) is 0.771. The Morgan fingerprint density at radius 1 is 0.926 bits per heavy atom. The van der Waals surface area contributed by atoms with Crippen LogP contribution >= 0.6 is 0 Å².